The zero-order valence-corrected chi connectivity index (χ0v) is 9.40. The average Bonchev–Trinajstić information content (AvgIpc) is 2.56. The number of hydrogen-bond acceptors (Lipinski definition) is 4. The Balaban J connectivity index is 2.20. The molecule has 0 saturated carbocycles. The van der Waals surface area contributed by atoms with E-state index in [0.717, 1.165) is 17.9 Å². The van der Waals surface area contributed by atoms with Crippen LogP contribution >= 0.6 is 11.8 Å². The van der Waals surface area contributed by atoms with E-state index < -0.39 is 5.60 Å². The second-order valence-corrected chi connectivity index (χ2v) is 4.51. The number of rotatable bonds is 6. The van der Waals surface area contributed by atoms with Crippen LogP contribution in [0.1, 0.15) is 12.5 Å². The fourth-order valence-electron chi connectivity index (χ4n) is 1.21. The van der Waals surface area contributed by atoms with Gasteiger partial charge in [0, 0.05) is 30.6 Å². The summed E-state index contributed by atoms with van der Waals surface area (Å²) in [6, 6.07) is 0. The van der Waals surface area contributed by atoms with Crippen LogP contribution in [-0.2, 0) is 6.54 Å². The van der Waals surface area contributed by atoms with Crippen molar-refractivity contribution in [3.63, 3.8) is 0 Å². The monoisotopic (exact) mass is 215 g/mol. The summed E-state index contributed by atoms with van der Waals surface area (Å²) in [4.78, 5) is 0. The van der Waals surface area contributed by atoms with E-state index in [4.69, 9.17) is 0 Å². The zero-order valence-electron chi connectivity index (χ0n) is 8.58. The highest BCUT2D eigenvalue weighted by Gasteiger charge is 2.18. The van der Waals surface area contributed by atoms with E-state index in [0.29, 0.717) is 6.54 Å². The molecule has 0 aliphatic rings. The molecule has 1 heterocycles. The molecule has 0 saturated heterocycles. The minimum atomic E-state index is -0.636. The van der Waals surface area contributed by atoms with Crippen molar-refractivity contribution in [3.05, 3.63) is 18.0 Å². The van der Waals surface area contributed by atoms with Gasteiger partial charge in [0.1, 0.15) is 0 Å². The topological polar surface area (TPSA) is 60.9 Å². The second-order valence-electron chi connectivity index (χ2n) is 3.64. The maximum absolute atomic E-state index is 9.84. The average molecular weight is 215 g/mol. The first kappa shape index (κ1) is 11.6. The van der Waals surface area contributed by atoms with Crippen molar-refractivity contribution < 1.29 is 5.11 Å². The van der Waals surface area contributed by atoms with Gasteiger partial charge in [-0.1, -0.05) is 0 Å². The predicted molar refractivity (Wildman–Crippen MR) is 59.3 cm³/mol. The van der Waals surface area contributed by atoms with Crippen LogP contribution in [-0.4, -0.2) is 39.5 Å². The van der Waals surface area contributed by atoms with Gasteiger partial charge in [0.05, 0.1) is 11.8 Å². The van der Waals surface area contributed by atoms with E-state index in [1.807, 2.05) is 19.4 Å². The molecule has 0 fully saturated rings. The number of nitrogens with one attached hydrogen (secondary N) is 2. The molecule has 0 amide bonds. The quantitative estimate of drug-likeness (QED) is 0.651. The van der Waals surface area contributed by atoms with Crippen molar-refractivity contribution in [2.75, 3.05) is 18.6 Å². The first-order chi connectivity index (χ1) is 6.64. The summed E-state index contributed by atoms with van der Waals surface area (Å²) in [6.45, 7) is 3.17. The van der Waals surface area contributed by atoms with Crippen molar-refractivity contribution in [2.45, 2.75) is 19.1 Å². The smallest absolute Gasteiger partial charge is 0.0833 e. The molecule has 0 bridgehead atoms. The maximum atomic E-state index is 9.84. The van der Waals surface area contributed by atoms with Crippen molar-refractivity contribution in [2.24, 2.45) is 0 Å². The van der Waals surface area contributed by atoms with Gasteiger partial charge < -0.3 is 10.4 Å². The van der Waals surface area contributed by atoms with Gasteiger partial charge in [0.25, 0.3) is 0 Å². The van der Waals surface area contributed by atoms with Gasteiger partial charge in [-0.25, -0.2) is 0 Å². The SMILES string of the molecule is CSCC(C)(O)CNCc1cn[nH]c1. The zero-order chi connectivity index (χ0) is 10.4. The fraction of sp³-hybridized carbons (Fsp3) is 0.667. The molecule has 0 aromatic carbocycles. The molecule has 1 rings (SSSR count). The van der Waals surface area contributed by atoms with Crippen LogP contribution in [0.15, 0.2) is 12.4 Å². The third-order valence-corrected chi connectivity index (χ3v) is 2.76. The molecule has 0 spiro atoms. The van der Waals surface area contributed by atoms with E-state index in [1.165, 1.54) is 0 Å². The molecule has 4 nitrogen and oxygen atoms in total. The van der Waals surface area contributed by atoms with Crippen molar-refractivity contribution in [1.29, 1.82) is 0 Å². The summed E-state index contributed by atoms with van der Waals surface area (Å²) < 4.78 is 0. The van der Waals surface area contributed by atoms with E-state index in [2.05, 4.69) is 15.5 Å². The molecule has 3 N–H and O–H groups in total. The summed E-state index contributed by atoms with van der Waals surface area (Å²) in [5.41, 5.74) is 0.466. The van der Waals surface area contributed by atoms with Crippen molar-refractivity contribution >= 4 is 11.8 Å². The Labute approximate surface area is 88.5 Å². The lowest BCUT2D eigenvalue weighted by molar-refractivity contribution is 0.0846. The number of aromatic amines is 1. The van der Waals surface area contributed by atoms with Gasteiger partial charge in [-0.05, 0) is 13.2 Å². The molecule has 80 valence electrons. The third-order valence-electron chi connectivity index (χ3n) is 1.85. The van der Waals surface area contributed by atoms with E-state index in [-0.39, 0.29) is 0 Å². The number of nitrogens with zero attached hydrogens (tertiary/aromatic N) is 1. The van der Waals surface area contributed by atoms with E-state index in [9.17, 15) is 5.11 Å². The standard InChI is InChI=1S/C9H17N3OS/c1-9(13,7-14-2)6-10-3-8-4-11-12-5-8/h4-5,10,13H,3,6-7H2,1-2H3,(H,11,12). The van der Waals surface area contributed by atoms with Crippen LogP contribution in [0.3, 0.4) is 0 Å². The fourth-order valence-corrected chi connectivity index (χ4v) is 1.94. The highest BCUT2D eigenvalue weighted by molar-refractivity contribution is 7.98. The summed E-state index contributed by atoms with van der Waals surface area (Å²) >= 11 is 1.65. The lowest BCUT2D eigenvalue weighted by atomic mass is 10.1. The first-order valence-electron chi connectivity index (χ1n) is 4.54. The van der Waals surface area contributed by atoms with Gasteiger partial charge in [-0.2, -0.15) is 16.9 Å². The molecule has 0 aliphatic carbocycles. The lowest BCUT2D eigenvalue weighted by Gasteiger charge is -2.22. The van der Waals surface area contributed by atoms with Crippen LogP contribution in [0.25, 0.3) is 0 Å². The molecule has 5 heteroatoms. The Morgan fingerprint density at radius 1 is 1.71 bits per heavy atom. The van der Waals surface area contributed by atoms with Crippen LogP contribution in [0.5, 0.6) is 0 Å². The number of hydrogen-bond donors (Lipinski definition) is 3. The molecule has 0 aliphatic heterocycles. The minimum Gasteiger partial charge on any atom is -0.388 e. The largest absolute Gasteiger partial charge is 0.388 e. The highest BCUT2D eigenvalue weighted by Crippen LogP contribution is 2.09. The van der Waals surface area contributed by atoms with Gasteiger partial charge in [0.15, 0.2) is 0 Å². The lowest BCUT2D eigenvalue weighted by Crippen LogP contribution is -2.39. The Kier molecular flexibility index (Phi) is 4.44. The Hall–Kier alpha value is -0.520. The molecular weight excluding hydrogens is 198 g/mol. The van der Waals surface area contributed by atoms with Gasteiger partial charge in [0.2, 0.25) is 0 Å². The number of H-pyrrole nitrogens is 1. The van der Waals surface area contributed by atoms with Crippen LogP contribution in [0, 0.1) is 0 Å². The number of thioether (sulfide) groups is 1. The number of aromatic nitrogens is 2. The van der Waals surface area contributed by atoms with Crippen molar-refractivity contribution in [3.8, 4) is 0 Å². The third kappa shape index (κ3) is 4.13. The Morgan fingerprint density at radius 3 is 3.07 bits per heavy atom. The summed E-state index contributed by atoms with van der Waals surface area (Å²) in [6.07, 6.45) is 5.61. The molecular formula is C9H17N3OS. The second kappa shape index (κ2) is 5.38. The molecule has 14 heavy (non-hydrogen) atoms. The molecule has 1 atom stereocenters. The van der Waals surface area contributed by atoms with Gasteiger partial charge in [-0.15, -0.1) is 0 Å². The molecule has 1 aromatic heterocycles. The minimum absolute atomic E-state index is 0.596. The molecule has 0 radical (unpaired) electrons. The Bertz CT molecular complexity index is 249. The van der Waals surface area contributed by atoms with E-state index >= 15 is 0 Å². The Morgan fingerprint density at radius 2 is 2.50 bits per heavy atom. The summed E-state index contributed by atoms with van der Waals surface area (Å²) in [5.74, 6) is 0.741. The van der Waals surface area contributed by atoms with Crippen molar-refractivity contribution in [1.82, 2.24) is 15.5 Å². The summed E-state index contributed by atoms with van der Waals surface area (Å²) in [7, 11) is 0. The van der Waals surface area contributed by atoms with Crippen LogP contribution in [0.2, 0.25) is 0 Å². The molecule has 1 aromatic rings. The van der Waals surface area contributed by atoms with Gasteiger partial charge in [-0.3, -0.25) is 5.10 Å². The van der Waals surface area contributed by atoms with E-state index in [1.54, 1.807) is 18.0 Å². The first-order valence-corrected chi connectivity index (χ1v) is 5.93. The number of aliphatic hydroxyl groups is 1. The summed E-state index contributed by atoms with van der Waals surface area (Å²) in [5, 5.41) is 19.6. The normalized spacial score (nSPS) is 15.4. The van der Waals surface area contributed by atoms with Crippen LogP contribution in [0.4, 0.5) is 0 Å². The van der Waals surface area contributed by atoms with Gasteiger partial charge >= 0.3 is 0 Å². The maximum Gasteiger partial charge on any atom is 0.0833 e. The molecule has 1 unspecified atom stereocenters. The predicted octanol–water partition coefficient (Wildman–Crippen LogP) is 0.613. The highest BCUT2D eigenvalue weighted by atomic mass is 32.2. The van der Waals surface area contributed by atoms with Crippen LogP contribution < -0.4 is 5.32 Å².